The van der Waals surface area contributed by atoms with Crippen molar-refractivity contribution in [2.24, 2.45) is 0 Å². The molecule has 8 aromatic carbocycles. The number of fused-ring (bicyclic) bond motifs is 6. The SMILES string of the molecule is c1ccc2cc3nc(-c4ccc5cc(-c6ccc7cc(-c8ccc9cc%10ccccc%10cc9n8)ccc7c6)ccc5c4)ccc3cc2c1. The molecule has 0 spiro atoms. The van der Waals surface area contributed by atoms with E-state index < -0.39 is 0 Å². The van der Waals surface area contributed by atoms with Gasteiger partial charge in [-0.15, -0.1) is 0 Å². The van der Waals surface area contributed by atoms with Gasteiger partial charge < -0.3 is 0 Å². The van der Waals surface area contributed by atoms with Gasteiger partial charge in [0.15, 0.2) is 0 Å². The molecule has 0 fully saturated rings. The molecule has 10 aromatic rings. The summed E-state index contributed by atoms with van der Waals surface area (Å²) in [4.78, 5) is 10.1. The van der Waals surface area contributed by atoms with Gasteiger partial charge in [-0.25, -0.2) is 9.97 Å². The van der Waals surface area contributed by atoms with E-state index in [1.165, 1.54) is 54.2 Å². The van der Waals surface area contributed by atoms with Crippen molar-refractivity contribution in [2.45, 2.75) is 0 Å². The van der Waals surface area contributed by atoms with Gasteiger partial charge in [-0.3, -0.25) is 0 Å². The molecule has 0 N–H and O–H groups in total. The van der Waals surface area contributed by atoms with Gasteiger partial charge in [-0.2, -0.15) is 0 Å². The van der Waals surface area contributed by atoms with Gasteiger partial charge in [-0.05, 0) is 115 Å². The van der Waals surface area contributed by atoms with Crippen molar-refractivity contribution in [3.8, 4) is 33.6 Å². The Labute approximate surface area is 277 Å². The van der Waals surface area contributed by atoms with E-state index >= 15 is 0 Å². The minimum atomic E-state index is 0.991. The lowest BCUT2D eigenvalue weighted by Gasteiger charge is -2.10. The van der Waals surface area contributed by atoms with Crippen LogP contribution in [0.5, 0.6) is 0 Å². The third kappa shape index (κ3) is 4.58. The predicted octanol–water partition coefficient (Wildman–Crippen LogP) is 12.4. The molecule has 2 heteroatoms. The predicted molar refractivity (Wildman–Crippen MR) is 203 cm³/mol. The van der Waals surface area contributed by atoms with Crippen LogP contribution in [-0.4, -0.2) is 9.97 Å². The molecule has 0 atom stereocenters. The highest BCUT2D eigenvalue weighted by Crippen LogP contribution is 2.33. The number of benzene rings is 8. The van der Waals surface area contributed by atoms with Crippen molar-refractivity contribution < 1.29 is 0 Å². The summed E-state index contributed by atoms with van der Waals surface area (Å²) >= 11 is 0. The Morgan fingerprint density at radius 3 is 0.958 bits per heavy atom. The largest absolute Gasteiger partial charge is 0.248 e. The first-order valence-corrected chi connectivity index (χ1v) is 16.4. The van der Waals surface area contributed by atoms with E-state index in [1.54, 1.807) is 0 Å². The number of hydrogen-bond donors (Lipinski definition) is 0. The number of nitrogens with zero attached hydrogens (tertiary/aromatic N) is 2. The maximum Gasteiger partial charge on any atom is 0.0715 e. The normalized spacial score (nSPS) is 11.8. The van der Waals surface area contributed by atoms with E-state index in [1.807, 2.05) is 0 Å². The monoisotopic (exact) mass is 608 g/mol. The molecular weight excluding hydrogens is 581 g/mol. The molecule has 0 radical (unpaired) electrons. The Morgan fingerprint density at radius 2 is 0.542 bits per heavy atom. The first-order valence-electron chi connectivity index (χ1n) is 16.4. The van der Waals surface area contributed by atoms with Gasteiger partial charge in [0, 0.05) is 21.9 Å². The molecule has 0 amide bonds. The van der Waals surface area contributed by atoms with Gasteiger partial charge in [0.1, 0.15) is 0 Å². The molecule has 0 aliphatic carbocycles. The van der Waals surface area contributed by atoms with Gasteiger partial charge in [0.05, 0.1) is 22.4 Å². The molecule has 2 nitrogen and oxygen atoms in total. The Balaban J connectivity index is 0.954. The summed E-state index contributed by atoms with van der Waals surface area (Å²) in [6, 6.07) is 61.1. The molecule has 0 bridgehead atoms. The average Bonchev–Trinajstić information content (AvgIpc) is 3.15. The lowest BCUT2D eigenvalue weighted by atomic mass is 9.96. The van der Waals surface area contributed by atoms with E-state index in [9.17, 15) is 0 Å². The second-order valence-corrected chi connectivity index (χ2v) is 12.7. The van der Waals surface area contributed by atoms with Crippen LogP contribution in [0.4, 0.5) is 0 Å². The summed E-state index contributed by atoms with van der Waals surface area (Å²) in [5, 5.41) is 12.1. The Kier molecular flexibility index (Phi) is 5.91. The van der Waals surface area contributed by atoms with Crippen molar-refractivity contribution in [2.75, 3.05) is 0 Å². The number of pyridine rings is 2. The van der Waals surface area contributed by atoms with Crippen LogP contribution in [0.2, 0.25) is 0 Å². The van der Waals surface area contributed by atoms with Gasteiger partial charge in [0.2, 0.25) is 0 Å². The van der Waals surface area contributed by atoms with E-state index in [-0.39, 0.29) is 0 Å². The third-order valence-electron chi connectivity index (χ3n) is 9.72. The van der Waals surface area contributed by atoms with Gasteiger partial charge in [-0.1, -0.05) is 109 Å². The zero-order valence-electron chi connectivity index (χ0n) is 26.1. The molecular formula is C46H28N2. The lowest BCUT2D eigenvalue weighted by Crippen LogP contribution is -1.87. The number of aromatic nitrogens is 2. The topological polar surface area (TPSA) is 25.8 Å². The molecule has 0 saturated heterocycles. The summed E-state index contributed by atoms with van der Waals surface area (Å²) < 4.78 is 0. The molecule has 0 aliphatic heterocycles. The van der Waals surface area contributed by atoms with Crippen LogP contribution in [0.15, 0.2) is 170 Å². The fraction of sp³-hybridized carbons (Fsp3) is 0. The highest BCUT2D eigenvalue weighted by atomic mass is 14.7. The van der Waals surface area contributed by atoms with Crippen LogP contribution < -0.4 is 0 Å². The van der Waals surface area contributed by atoms with Crippen LogP contribution in [0, 0.1) is 0 Å². The Bertz CT molecular complexity index is 2700. The van der Waals surface area contributed by atoms with Crippen LogP contribution in [0.3, 0.4) is 0 Å². The molecule has 10 rings (SSSR count). The lowest BCUT2D eigenvalue weighted by molar-refractivity contribution is 1.41. The zero-order chi connectivity index (χ0) is 31.6. The van der Waals surface area contributed by atoms with Gasteiger partial charge >= 0.3 is 0 Å². The van der Waals surface area contributed by atoms with Gasteiger partial charge in [0.25, 0.3) is 0 Å². The minimum absolute atomic E-state index is 0.991. The van der Waals surface area contributed by atoms with Crippen molar-refractivity contribution in [1.82, 2.24) is 9.97 Å². The minimum Gasteiger partial charge on any atom is -0.248 e. The first-order chi connectivity index (χ1) is 23.7. The molecule has 0 aliphatic rings. The van der Waals surface area contributed by atoms with Crippen LogP contribution in [0.1, 0.15) is 0 Å². The maximum absolute atomic E-state index is 5.04. The summed E-state index contributed by atoms with van der Waals surface area (Å²) in [7, 11) is 0. The quantitative estimate of drug-likeness (QED) is 0.187. The number of rotatable bonds is 3. The maximum atomic E-state index is 5.04. The summed E-state index contributed by atoms with van der Waals surface area (Å²) in [5.74, 6) is 0. The highest BCUT2D eigenvalue weighted by molar-refractivity contribution is 5.99. The molecule has 0 saturated carbocycles. The molecule has 2 aromatic heterocycles. The van der Waals surface area contributed by atoms with Crippen LogP contribution in [-0.2, 0) is 0 Å². The van der Waals surface area contributed by atoms with E-state index in [0.717, 1.165) is 44.3 Å². The highest BCUT2D eigenvalue weighted by Gasteiger charge is 2.09. The van der Waals surface area contributed by atoms with Crippen molar-refractivity contribution in [3.05, 3.63) is 170 Å². The van der Waals surface area contributed by atoms with Crippen molar-refractivity contribution in [1.29, 1.82) is 0 Å². The van der Waals surface area contributed by atoms with Crippen molar-refractivity contribution in [3.63, 3.8) is 0 Å². The molecule has 48 heavy (non-hydrogen) atoms. The smallest absolute Gasteiger partial charge is 0.0715 e. The van der Waals surface area contributed by atoms with E-state index in [0.29, 0.717) is 0 Å². The fourth-order valence-electron chi connectivity index (χ4n) is 7.11. The van der Waals surface area contributed by atoms with E-state index in [4.69, 9.17) is 9.97 Å². The zero-order valence-corrected chi connectivity index (χ0v) is 26.1. The Morgan fingerprint density at radius 1 is 0.229 bits per heavy atom. The molecule has 0 unspecified atom stereocenters. The molecule has 2 heterocycles. The summed E-state index contributed by atoms with van der Waals surface area (Å²) in [5.41, 5.74) is 8.69. The van der Waals surface area contributed by atoms with Crippen molar-refractivity contribution >= 4 is 64.9 Å². The second kappa shape index (κ2) is 10.6. The summed E-state index contributed by atoms with van der Waals surface area (Å²) in [6.45, 7) is 0. The summed E-state index contributed by atoms with van der Waals surface area (Å²) in [6.07, 6.45) is 0. The average molecular weight is 609 g/mol. The third-order valence-corrected chi connectivity index (χ3v) is 9.72. The van der Waals surface area contributed by atoms with E-state index in [2.05, 4.69) is 170 Å². The second-order valence-electron chi connectivity index (χ2n) is 12.7. The fourth-order valence-corrected chi connectivity index (χ4v) is 7.11. The van der Waals surface area contributed by atoms with Crippen LogP contribution >= 0.6 is 0 Å². The Hall–Kier alpha value is -6.38. The molecule has 222 valence electrons. The standard InChI is InChI=1S/C46H28N2/c1-3-7-31-27-45-41(23-29(31)5-1)17-19-43(47-45)39-15-13-35-21-33(9-11-37(35)25-39)34-10-12-38-26-40(16-14-36(38)22-34)44-20-18-42-24-30-6-2-4-8-32(30)28-46(42)48-44/h1-28H. The van der Waals surface area contributed by atoms with Crippen LogP contribution in [0.25, 0.3) is 98.5 Å². The number of hydrogen-bond acceptors (Lipinski definition) is 2. The first kappa shape index (κ1) is 26.8.